The van der Waals surface area contributed by atoms with Crippen molar-refractivity contribution < 1.29 is 18.3 Å². The number of carbonyl (C=O) groups excluding carboxylic acids is 1. The molecule has 4 nitrogen and oxygen atoms in total. The van der Waals surface area contributed by atoms with Gasteiger partial charge in [-0.15, -0.1) is 0 Å². The largest absolute Gasteiger partial charge is 0.444 e. The molecule has 3 fully saturated rings. The van der Waals surface area contributed by atoms with Crippen LogP contribution < -0.4 is 4.90 Å². The van der Waals surface area contributed by atoms with Crippen LogP contribution in [0.3, 0.4) is 0 Å². The number of halogens is 2. The average molecular weight is 364 g/mol. The van der Waals surface area contributed by atoms with Gasteiger partial charge in [-0.2, -0.15) is 0 Å². The Kier molecular flexibility index (Phi) is 3.76. The molecule has 0 bridgehead atoms. The van der Waals surface area contributed by atoms with Crippen LogP contribution in [0, 0.1) is 5.41 Å². The summed E-state index contributed by atoms with van der Waals surface area (Å²) in [6.07, 6.45) is -0.178. The minimum absolute atomic E-state index is 0.0388. The standard InChI is InChI=1S/C20H26F2N2O2/c1-18(2,3)26-17(25)23-8-15(9-23)14-4-6-16(7-5-14)24-12-19(13-24)10-20(21,22)11-19/h4-7,15H,8-13H2,1-3H3. The summed E-state index contributed by atoms with van der Waals surface area (Å²) >= 11 is 0. The average Bonchev–Trinajstić information content (AvgIpc) is 2.39. The van der Waals surface area contributed by atoms with Crippen LogP contribution in [0.2, 0.25) is 0 Å². The van der Waals surface area contributed by atoms with E-state index >= 15 is 0 Å². The molecular formula is C20H26F2N2O2. The number of ether oxygens (including phenoxy) is 1. The zero-order chi connectivity index (χ0) is 18.7. The van der Waals surface area contributed by atoms with Gasteiger partial charge in [0.25, 0.3) is 0 Å². The van der Waals surface area contributed by atoms with Crippen LogP contribution >= 0.6 is 0 Å². The third-order valence-electron chi connectivity index (χ3n) is 5.58. The molecule has 2 saturated heterocycles. The van der Waals surface area contributed by atoms with Gasteiger partial charge in [-0.3, -0.25) is 0 Å². The number of benzene rings is 1. The summed E-state index contributed by atoms with van der Waals surface area (Å²) < 4.78 is 31.6. The Balaban J connectivity index is 1.27. The Bertz CT molecular complexity index is 690. The van der Waals surface area contributed by atoms with Crippen molar-refractivity contribution in [1.29, 1.82) is 0 Å². The molecule has 0 aromatic heterocycles. The number of hydrogen-bond acceptors (Lipinski definition) is 3. The molecule has 1 aromatic carbocycles. The second-order valence-electron chi connectivity index (χ2n) is 9.24. The number of likely N-dealkylation sites (tertiary alicyclic amines) is 1. The predicted molar refractivity (Wildman–Crippen MR) is 95.8 cm³/mol. The zero-order valence-corrected chi connectivity index (χ0v) is 15.6. The molecule has 3 aliphatic rings. The van der Waals surface area contributed by atoms with Crippen LogP contribution in [-0.2, 0) is 4.74 Å². The van der Waals surface area contributed by atoms with Gasteiger partial charge in [0.15, 0.2) is 0 Å². The lowest BCUT2D eigenvalue weighted by Gasteiger charge is -2.59. The van der Waals surface area contributed by atoms with Crippen LogP contribution in [0.1, 0.15) is 45.1 Å². The molecule has 0 unspecified atom stereocenters. The van der Waals surface area contributed by atoms with Crippen molar-refractivity contribution in [3.8, 4) is 0 Å². The number of carbonyl (C=O) groups is 1. The summed E-state index contributed by atoms with van der Waals surface area (Å²) in [5, 5.41) is 0. The van der Waals surface area contributed by atoms with Gasteiger partial charge in [-0.1, -0.05) is 12.1 Å². The van der Waals surface area contributed by atoms with E-state index in [0.29, 0.717) is 19.0 Å². The van der Waals surface area contributed by atoms with E-state index < -0.39 is 11.5 Å². The van der Waals surface area contributed by atoms with Crippen LogP contribution in [0.25, 0.3) is 0 Å². The highest BCUT2D eigenvalue weighted by molar-refractivity contribution is 5.69. The summed E-state index contributed by atoms with van der Waals surface area (Å²) in [6.45, 7) is 8.42. The van der Waals surface area contributed by atoms with Crippen molar-refractivity contribution in [2.75, 3.05) is 31.1 Å². The van der Waals surface area contributed by atoms with Gasteiger partial charge in [-0.25, -0.2) is 13.6 Å². The first kappa shape index (κ1) is 17.6. The maximum absolute atomic E-state index is 13.1. The summed E-state index contributed by atoms with van der Waals surface area (Å²) in [7, 11) is 0. The highest BCUT2D eigenvalue weighted by Gasteiger charge is 2.61. The minimum Gasteiger partial charge on any atom is -0.444 e. The monoisotopic (exact) mass is 364 g/mol. The van der Waals surface area contributed by atoms with E-state index in [1.807, 2.05) is 20.8 Å². The van der Waals surface area contributed by atoms with E-state index in [2.05, 4.69) is 29.2 Å². The highest BCUT2D eigenvalue weighted by Crippen LogP contribution is 2.57. The molecule has 142 valence electrons. The third-order valence-corrected chi connectivity index (χ3v) is 5.58. The number of nitrogens with zero attached hydrogens (tertiary/aromatic N) is 2. The Morgan fingerprint density at radius 1 is 1.12 bits per heavy atom. The van der Waals surface area contributed by atoms with Crippen molar-refractivity contribution in [1.82, 2.24) is 4.90 Å². The molecule has 1 aliphatic carbocycles. The topological polar surface area (TPSA) is 32.8 Å². The van der Waals surface area contributed by atoms with Crippen LogP contribution in [0.5, 0.6) is 0 Å². The molecule has 2 heterocycles. The second-order valence-corrected chi connectivity index (χ2v) is 9.24. The normalized spacial score (nSPS) is 23.9. The maximum atomic E-state index is 13.1. The summed E-state index contributed by atoms with van der Waals surface area (Å²) in [4.78, 5) is 15.9. The van der Waals surface area contributed by atoms with E-state index in [1.165, 1.54) is 5.56 Å². The number of hydrogen-bond donors (Lipinski definition) is 0. The molecule has 0 atom stereocenters. The fourth-order valence-electron chi connectivity index (χ4n) is 4.34. The van der Waals surface area contributed by atoms with Crippen molar-refractivity contribution in [2.24, 2.45) is 5.41 Å². The fraction of sp³-hybridized carbons (Fsp3) is 0.650. The van der Waals surface area contributed by atoms with Gasteiger partial charge in [0.2, 0.25) is 5.92 Å². The second kappa shape index (κ2) is 5.57. The van der Waals surface area contributed by atoms with E-state index in [4.69, 9.17) is 4.74 Å². The first-order valence-electron chi connectivity index (χ1n) is 9.25. The molecule has 0 radical (unpaired) electrons. The van der Waals surface area contributed by atoms with E-state index in [-0.39, 0.29) is 24.3 Å². The number of amides is 1. The molecule has 4 rings (SSSR count). The van der Waals surface area contributed by atoms with E-state index in [1.54, 1.807) is 4.90 Å². The molecule has 1 spiro atoms. The minimum atomic E-state index is -2.44. The SMILES string of the molecule is CC(C)(C)OC(=O)N1CC(c2ccc(N3CC4(C3)CC(F)(F)C4)cc2)C1. The van der Waals surface area contributed by atoms with Crippen molar-refractivity contribution >= 4 is 11.8 Å². The van der Waals surface area contributed by atoms with Gasteiger partial charge in [0, 0.05) is 56.0 Å². The van der Waals surface area contributed by atoms with Crippen molar-refractivity contribution in [3.63, 3.8) is 0 Å². The van der Waals surface area contributed by atoms with Gasteiger partial charge < -0.3 is 14.5 Å². The van der Waals surface area contributed by atoms with Crippen LogP contribution in [0.15, 0.2) is 24.3 Å². The van der Waals surface area contributed by atoms with E-state index in [9.17, 15) is 13.6 Å². The third kappa shape index (κ3) is 3.26. The maximum Gasteiger partial charge on any atom is 0.410 e. The Hall–Kier alpha value is -1.85. The molecule has 1 saturated carbocycles. The molecule has 2 aliphatic heterocycles. The Morgan fingerprint density at radius 3 is 2.19 bits per heavy atom. The highest BCUT2D eigenvalue weighted by atomic mass is 19.3. The lowest BCUT2D eigenvalue weighted by atomic mass is 9.61. The molecule has 0 N–H and O–H groups in total. The van der Waals surface area contributed by atoms with Gasteiger partial charge >= 0.3 is 6.09 Å². The van der Waals surface area contributed by atoms with Crippen LogP contribution in [-0.4, -0.2) is 48.7 Å². The van der Waals surface area contributed by atoms with E-state index in [0.717, 1.165) is 18.8 Å². The number of anilines is 1. The quantitative estimate of drug-likeness (QED) is 0.786. The number of alkyl halides is 2. The van der Waals surface area contributed by atoms with Gasteiger partial charge in [0.1, 0.15) is 5.60 Å². The molecule has 1 amide bonds. The van der Waals surface area contributed by atoms with Crippen LogP contribution in [0.4, 0.5) is 19.3 Å². The first-order chi connectivity index (χ1) is 12.0. The summed E-state index contributed by atoms with van der Waals surface area (Å²) in [5.74, 6) is -2.11. The van der Waals surface area contributed by atoms with Gasteiger partial charge in [-0.05, 0) is 38.5 Å². The predicted octanol–water partition coefficient (Wildman–Crippen LogP) is 4.26. The Morgan fingerprint density at radius 2 is 1.69 bits per heavy atom. The molecule has 1 aromatic rings. The molecular weight excluding hydrogens is 338 g/mol. The summed E-state index contributed by atoms with van der Waals surface area (Å²) in [6, 6.07) is 8.31. The lowest BCUT2D eigenvalue weighted by molar-refractivity contribution is -0.170. The van der Waals surface area contributed by atoms with Gasteiger partial charge in [0.05, 0.1) is 0 Å². The number of rotatable bonds is 2. The lowest BCUT2D eigenvalue weighted by Crippen LogP contribution is -2.66. The van der Waals surface area contributed by atoms with Crippen molar-refractivity contribution in [2.45, 2.75) is 51.1 Å². The fourth-order valence-corrected chi connectivity index (χ4v) is 4.34. The first-order valence-corrected chi connectivity index (χ1v) is 9.25. The summed E-state index contributed by atoms with van der Waals surface area (Å²) in [5.41, 5.74) is 1.68. The zero-order valence-electron chi connectivity index (χ0n) is 15.6. The molecule has 26 heavy (non-hydrogen) atoms. The molecule has 6 heteroatoms. The Labute approximate surface area is 153 Å². The van der Waals surface area contributed by atoms with Crippen molar-refractivity contribution in [3.05, 3.63) is 29.8 Å². The smallest absolute Gasteiger partial charge is 0.410 e.